The summed E-state index contributed by atoms with van der Waals surface area (Å²) >= 11 is 0. The molecule has 0 aromatic heterocycles. The van der Waals surface area contributed by atoms with E-state index >= 15 is 0 Å². The lowest BCUT2D eigenvalue weighted by Gasteiger charge is -2.03. The average molecular weight is 172 g/mol. The lowest BCUT2D eigenvalue weighted by atomic mass is 10.2. The Morgan fingerprint density at radius 2 is 2.25 bits per heavy atom. The van der Waals surface area contributed by atoms with Crippen LogP contribution in [0.1, 0.15) is 6.42 Å². The number of nitrogens with zero attached hydrogens (tertiary/aromatic N) is 1. The van der Waals surface area contributed by atoms with Crippen LogP contribution in [-0.4, -0.2) is 41.0 Å². The zero-order chi connectivity index (χ0) is 9.30. The maximum Gasteiger partial charge on any atom is 0.324 e. The molecule has 1 fully saturated rings. The van der Waals surface area contributed by atoms with E-state index in [1.54, 1.807) is 0 Å². The Hall–Kier alpha value is -1.59. The summed E-state index contributed by atoms with van der Waals surface area (Å²) in [6.07, 6.45) is -0.366. The summed E-state index contributed by atoms with van der Waals surface area (Å²) in [5, 5.41) is 10.6. The molecular weight excluding hydrogens is 164 g/mol. The predicted molar refractivity (Wildman–Crippen MR) is 37.3 cm³/mol. The number of nitrogens with one attached hydrogen (secondary N) is 1. The molecular formula is C6H8N2O4. The Balaban J connectivity index is 2.65. The standard InChI is InChI=1S/C6H8N2O4/c1-8-5(11)3(2-4(9)10)7-6(8)12/h3H,2H2,1H3,(H,7,12)(H,9,10). The lowest BCUT2D eigenvalue weighted by molar-refractivity contribution is -0.140. The van der Waals surface area contributed by atoms with Gasteiger partial charge < -0.3 is 10.4 Å². The van der Waals surface area contributed by atoms with E-state index in [0.29, 0.717) is 0 Å². The molecule has 1 rings (SSSR count). The SMILES string of the molecule is CN1C(=O)NC(CC(=O)O)C1=O. The first kappa shape index (κ1) is 8.51. The number of likely N-dealkylation sites (N-methyl/N-ethyl adjacent to an activating group) is 1. The van der Waals surface area contributed by atoms with Gasteiger partial charge in [0.15, 0.2) is 0 Å². The molecule has 0 aromatic rings. The van der Waals surface area contributed by atoms with E-state index in [1.165, 1.54) is 7.05 Å². The van der Waals surface area contributed by atoms with Crippen molar-refractivity contribution in [2.45, 2.75) is 12.5 Å². The Bertz CT molecular complexity index is 248. The zero-order valence-corrected chi connectivity index (χ0v) is 6.40. The van der Waals surface area contributed by atoms with E-state index in [4.69, 9.17) is 5.11 Å². The minimum Gasteiger partial charge on any atom is -0.481 e. The highest BCUT2D eigenvalue weighted by atomic mass is 16.4. The fourth-order valence-electron chi connectivity index (χ4n) is 0.954. The first-order valence-corrected chi connectivity index (χ1v) is 3.32. The van der Waals surface area contributed by atoms with Gasteiger partial charge in [-0.15, -0.1) is 0 Å². The van der Waals surface area contributed by atoms with E-state index in [9.17, 15) is 14.4 Å². The van der Waals surface area contributed by atoms with Crippen molar-refractivity contribution in [3.63, 3.8) is 0 Å². The molecule has 66 valence electrons. The van der Waals surface area contributed by atoms with E-state index in [2.05, 4.69) is 5.32 Å². The van der Waals surface area contributed by atoms with Crippen molar-refractivity contribution in [2.24, 2.45) is 0 Å². The second kappa shape index (κ2) is 2.80. The molecule has 2 N–H and O–H groups in total. The molecule has 1 aliphatic rings. The number of urea groups is 1. The summed E-state index contributed by atoms with van der Waals surface area (Å²) in [7, 11) is 1.31. The predicted octanol–water partition coefficient (Wildman–Crippen LogP) is -0.989. The molecule has 0 bridgehead atoms. The molecule has 12 heavy (non-hydrogen) atoms. The topological polar surface area (TPSA) is 86.7 Å². The molecule has 6 nitrogen and oxygen atoms in total. The van der Waals surface area contributed by atoms with Gasteiger partial charge in [-0.25, -0.2) is 4.79 Å². The molecule has 0 radical (unpaired) electrons. The van der Waals surface area contributed by atoms with Gasteiger partial charge in [-0.3, -0.25) is 14.5 Å². The van der Waals surface area contributed by atoms with Crippen molar-refractivity contribution in [1.29, 1.82) is 0 Å². The largest absolute Gasteiger partial charge is 0.481 e. The number of hydrogen-bond donors (Lipinski definition) is 2. The molecule has 1 unspecified atom stereocenters. The van der Waals surface area contributed by atoms with Gasteiger partial charge in [-0.1, -0.05) is 0 Å². The van der Waals surface area contributed by atoms with E-state index in [0.717, 1.165) is 4.90 Å². The van der Waals surface area contributed by atoms with Crippen molar-refractivity contribution < 1.29 is 19.5 Å². The number of rotatable bonds is 2. The Morgan fingerprint density at radius 1 is 1.67 bits per heavy atom. The zero-order valence-electron chi connectivity index (χ0n) is 6.40. The second-order valence-corrected chi connectivity index (χ2v) is 2.50. The number of hydrogen-bond acceptors (Lipinski definition) is 3. The van der Waals surface area contributed by atoms with Gasteiger partial charge >= 0.3 is 12.0 Å². The van der Waals surface area contributed by atoms with Gasteiger partial charge in [0, 0.05) is 7.05 Å². The van der Waals surface area contributed by atoms with Crippen molar-refractivity contribution >= 4 is 17.9 Å². The van der Waals surface area contributed by atoms with Gasteiger partial charge in [0.1, 0.15) is 6.04 Å². The minimum atomic E-state index is -1.11. The molecule has 0 aliphatic carbocycles. The highest BCUT2D eigenvalue weighted by molar-refractivity contribution is 6.05. The van der Waals surface area contributed by atoms with Gasteiger partial charge in [-0.2, -0.15) is 0 Å². The monoisotopic (exact) mass is 172 g/mol. The van der Waals surface area contributed by atoms with Crippen LogP contribution in [-0.2, 0) is 9.59 Å². The number of carbonyl (C=O) groups is 3. The summed E-state index contributed by atoms with van der Waals surface area (Å²) in [5.41, 5.74) is 0. The van der Waals surface area contributed by atoms with Crippen molar-refractivity contribution in [3.05, 3.63) is 0 Å². The third-order valence-electron chi connectivity index (χ3n) is 1.61. The van der Waals surface area contributed by atoms with Crippen LogP contribution in [0.25, 0.3) is 0 Å². The number of amides is 3. The smallest absolute Gasteiger partial charge is 0.324 e. The summed E-state index contributed by atoms with van der Waals surface area (Å²) < 4.78 is 0. The van der Waals surface area contributed by atoms with Crippen LogP contribution in [0.15, 0.2) is 0 Å². The fourth-order valence-corrected chi connectivity index (χ4v) is 0.954. The summed E-state index contributed by atoms with van der Waals surface area (Å²) in [6.45, 7) is 0. The van der Waals surface area contributed by atoms with Crippen molar-refractivity contribution in [3.8, 4) is 0 Å². The minimum absolute atomic E-state index is 0.366. The number of carbonyl (C=O) groups excluding carboxylic acids is 2. The highest BCUT2D eigenvalue weighted by Crippen LogP contribution is 2.06. The maximum atomic E-state index is 11.0. The Labute approximate surface area is 68.1 Å². The average Bonchev–Trinajstić information content (AvgIpc) is 2.17. The number of aliphatic carboxylic acids is 1. The summed E-state index contributed by atoms with van der Waals surface area (Å²) in [6, 6.07) is -1.45. The maximum absolute atomic E-state index is 11.0. The van der Waals surface area contributed by atoms with Crippen LogP contribution >= 0.6 is 0 Å². The Kier molecular flexibility index (Phi) is 1.99. The van der Waals surface area contributed by atoms with Crippen LogP contribution in [0, 0.1) is 0 Å². The lowest BCUT2D eigenvalue weighted by Crippen LogP contribution is -2.31. The third-order valence-corrected chi connectivity index (χ3v) is 1.61. The van der Waals surface area contributed by atoms with E-state index in [-0.39, 0.29) is 6.42 Å². The molecule has 6 heteroatoms. The number of imide groups is 1. The third kappa shape index (κ3) is 1.36. The first-order valence-electron chi connectivity index (χ1n) is 3.32. The number of carboxylic acids is 1. The molecule has 3 amide bonds. The van der Waals surface area contributed by atoms with Gasteiger partial charge in [0.05, 0.1) is 6.42 Å². The molecule has 0 spiro atoms. The highest BCUT2D eigenvalue weighted by Gasteiger charge is 2.36. The quantitative estimate of drug-likeness (QED) is 0.523. The molecule has 1 aliphatic heterocycles. The van der Waals surface area contributed by atoms with Gasteiger partial charge in [0.25, 0.3) is 5.91 Å². The fraction of sp³-hybridized carbons (Fsp3) is 0.500. The van der Waals surface area contributed by atoms with Crippen LogP contribution in [0.4, 0.5) is 4.79 Å². The number of carboxylic acid groups (broad SMARTS) is 1. The van der Waals surface area contributed by atoms with Crippen molar-refractivity contribution in [2.75, 3.05) is 7.05 Å². The molecule has 1 atom stereocenters. The van der Waals surface area contributed by atoms with Gasteiger partial charge in [0.2, 0.25) is 0 Å². The molecule has 1 heterocycles. The normalized spacial score (nSPS) is 22.8. The van der Waals surface area contributed by atoms with Gasteiger partial charge in [-0.05, 0) is 0 Å². The van der Waals surface area contributed by atoms with Crippen LogP contribution in [0.5, 0.6) is 0 Å². The van der Waals surface area contributed by atoms with E-state index < -0.39 is 23.9 Å². The van der Waals surface area contributed by atoms with Crippen LogP contribution in [0.2, 0.25) is 0 Å². The van der Waals surface area contributed by atoms with Crippen LogP contribution in [0.3, 0.4) is 0 Å². The molecule has 0 saturated carbocycles. The molecule has 1 saturated heterocycles. The Morgan fingerprint density at radius 3 is 2.58 bits per heavy atom. The van der Waals surface area contributed by atoms with Crippen LogP contribution < -0.4 is 5.32 Å². The summed E-state index contributed by atoms with van der Waals surface area (Å²) in [4.78, 5) is 32.9. The van der Waals surface area contributed by atoms with E-state index in [1.807, 2.05) is 0 Å². The molecule has 0 aromatic carbocycles. The summed E-state index contributed by atoms with van der Waals surface area (Å²) in [5.74, 6) is -1.61. The first-order chi connectivity index (χ1) is 5.52. The van der Waals surface area contributed by atoms with Crippen molar-refractivity contribution in [1.82, 2.24) is 10.2 Å². The second-order valence-electron chi connectivity index (χ2n) is 2.50.